The maximum atomic E-state index is 13.1. The number of rotatable bonds is 4. The number of benzene rings is 1. The zero-order valence-electron chi connectivity index (χ0n) is 10.9. The molecule has 0 aromatic heterocycles. The molecular weight excluding hydrogens is 213 g/mol. The van der Waals surface area contributed by atoms with Gasteiger partial charge in [-0.15, -0.1) is 0 Å². The standard InChI is InChI=1S/C15H22FN/c1-10(2)13-8-15(9-13)17-11(3)12-5-4-6-14(16)7-12/h4-7,10-11,13,15,17H,8-9H2,1-3H3/t11-,13?,15?/m1/s1. The molecule has 0 heterocycles. The Kier molecular flexibility index (Phi) is 3.82. The minimum atomic E-state index is -0.148. The Labute approximate surface area is 103 Å². The number of halogens is 1. The quantitative estimate of drug-likeness (QED) is 0.834. The first kappa shape index (κ1) is 12.6. The Morgan fingerprint density at radius 3 is 2.53 bits per heavy atom. The second kappa shape index (κ2) is 5.18. The molecule has 1 aliphatic rings. The van der Waals surface area contributed by atoms with Crippen molar-refractivity contribution in [1.29, 1.82) is 0 Å². The fraction of sp³-hybridized carbons (Fsp3) is 0.600. The second-order valence-corrected chi connectivity index (χ2v) is 5.62. The van der Waals surface area contributed by atoms with Crippen molar-refractivity contribution in [2.24, 2.45) is 11.8 Å². The fourth-order valence-electron chi connectivity index (χ4n) is 2.57. The lowest BCUT2D eigenvalue weighted by molar-refractivity contribution is 0.159. The summed E-state index contributed by atoms with van der Waals surface area (Å²) in [7, 11) is 0. The molecule has 2 heteroatoms. The van der Waals surface area contributed by atoms with Crippen molar-refractivity contribution in [3.63, 3.8) is 0 Å². The molecule has 0 radical (unpaired) electrons. The topological polar surface area (TPSA) is 12.0 Å². The van der Waals surface area contributed by atoms with Gasteiger partial charge in [-0.3, -0.25) is 0 Å². The van der Waals surface area contributed by atoms with Crippen LogP contribution in [0.4, 0.5) is 4.39 Å². The normalized spacial score (nSPS) is 25.7. The van der Waals surface area contributed by atoms with Gasteiger partial charge in [0.25, 0.3) is 0 Å². The highest BCUT2D eigenvalue weighted by Gasteiger charge is 2.31. The molecule has 2 rings (SSSR count). The minimum absolute atomic E-state index is 0.148. The summed E-state index contributed by atoms with van der Waals surface area (Å²) in [5, 5.41) is 3.58. The molecule has 0 amide bonds. The predicted molar refractivity (Wildman–Crippen MR) is 69.3 cm³/mol. The number of hydrogen-bond acceptors (Lipinski definition) is 1. The van der Waals surface area contributed by atoms with E-state index < -0.39 is 0 Å². The van der Waals surface area contributed by atoms with E-state index in [-0.39, 0.29) is 11.9 Å². The maximum absolute atomic E-state index is 13.1. The molecular formula is C15H22FN. The summed E-state index contributed by atoms with van der Waals surface area (Å²) in [5.74, 6) is 1.51. The molecule has 0 saturated heterocycles. The lowest BCUT2D eigenvalue weighted by Crippen LogP contribution is -2.44. The van der Waals surface area contributed by atoms with Gasteiger partial charge in [0.2, 0.25) is 0 Å². The summed E-state index contributed by atoms with van der Waals surface area (Å²) in [6.45, 7) is 6.69. The average Bonchev–Trinajstić information content (AvgIpc) is 2.21. The van der Waals surface area contributed by atoms with Crippen molar-refractivity contribution in [2.75, 3.05) is 0 Å². The van der Waals surface area contributed by atoms with Crippen molar-refractivity contribution >= 4 is 0 Å². The van der Waals surface area contributed by atoms with Gasteiger partial charge in [-0.25, -0.2) is 4.39 Å². The van der Waals surface area contributed by atoms with Crippen molar-refractivity contribution in [2.45, 2.75) is 45.7 Å². The molecule has 17 heavy (non-hydrogen) atoms. The van der Waals surface area contributed by atoms with E-state index >= 15 is 0 Å². The van der Waals surface area contributed by atoms with Crippen LogP contribution in [0.2, 0.25) is 0 Å². The number of nitrogens with one attached hydrogen (secondary N) is 1. The van der Waals surface area contributed by atoms with Gasteiger partial charge in [0.1, 0.15) is 5.82 Å². The van der Waals surface area contributed by atoms with Crippen LogP contribution in [0, 0.1) is 17.7 Å². The first-order valence-electron chi connectivity index (χ1n) is 6.57. The third kappa shape index (κ3) is 3.06. The van der Waals surface area contributed by atoms with Crippen molar-refractivity contribution < 1.29 is 4.39 Å². The third-order valence-corrected chi connectivity index (χ3v) is 3.95. The van der Waals surface area contributed by atoms with E-state index in [1.165, 1.54) is 18.9 Å². The molecule has 1 aromatic rings. The summed E-state index contributed by atoms with van der Waals surface area (Å²) < 4.78 is 13.1. The zero-order chi connectivity index (χ0) is 12.4. The summed E-state index contributed by atoms with van der Waals surface area (Å²) in [6, 6.07) is 7.73. The zero-order valence-corrected chi connectivity index (χ0v) is 10.9. The minimum Gasteiger partial charge on any atom is -0.307 e. The molecule has 0 aliphatic heterocycles. The molecule has 1 N–H and O–H groups in total. The Morgan fingerprint density at radius 1 is 1.24 bits per heavy atom. The van der Waals surface area contributed by atoms with Gasteiger partial charge in [0.05, 0.1) is 0 Å². The second-order valence-electron chi connectivity index (χ2n) is 5.62. The van der Waals surface area contributed by atoms with E-state index in [0.717, 1.165) is 17.4 Å². The Balaban J connectivity index is 1.85. The summed E-state index contributed by atoms with van der Waals surface area (Å²) in [6.07, 6.45) is 2.52. The summed E-state index contributed by atoms with van der Waals surface area (Å²) in [4.78, 5) is 0. The highest BCUT2D eigenvalue weighted by atomic mass is 19.1. The van der Waals surface area contributed by atoms with E-state index in [1.54, 1.807) is 12.1 Å². The van der Waals surface area contributed by atoms with E-state index in [0.29, 0.717) is 6.04 Å². The molecule has 1 fully saturated rings. The smallest absolute Gasteiger partial charge is 0.123 e. The van der Waals surface area contributed by atoms with Crippen molar-refractivity contribution in [3.05, 3.63) is 35.6 Å². The number of hydrogen-bond donors (Lipinski definition) is 1. The predicted octanol–water partition coefficient (Wildman–Crippen LogP) is 3.91. The van der Waals surface area contributed by atoms with Gasteiger partial charge in [-0.1, -0.05) is 26.0 Å². The highest BCUT2D eigenvalue weighted by molar-refractivity contribution is 5.19. The van der Waals surface area contributed by atoms with Gasteiger partial charge in [-0.2, -0.15) is 0 Å². The van der Waals surface area contributed by atoms with Crippen LogP contribution in [-0.4, -0.2) is 6.04 Å². The van der Waals surface area contributed by atoms with Crippen LogP contribution >= 0.6 is 0 Å². The lowest BCUT2D eigenvalue weighted by Gasteiger charge is -2.40. The average molecular weight is 235 g/mol. The van der Waals surface area contributed by atoms with E-state index in [1.807, 2.05) is 6.07 Å². The molecule has 0 unspecified atom stereocenters. The molecule has 1 aromatic carbocycles. The summed E-state index contributed by atoms with van der Waals surface area (Å²) >= 11 is 0. The van der Waals surface area contributed by atoms with Gasteiger partial charge >= 0.3 is 0 Å². The SMILES string of the molecule is CC(C)C1CC(N[C@H](C)c2cccc(F)c2)C1. The summed E-state index contributed by atoms with van der Waals surface area (Å²) in [5.41, 5.74) is 1.04. The highest BCUT2D eigenvalue weighted by Crippen LogP contribution is 2.34. The molecule has 0 bridgehead atoms. The maximum Gasteiger partial charge on any atom is 0.123 e. The van der Waals surface area contributed by atoms with Crippen LogP contribution in [0.15, 0.2) is 24.3 Å². The van der Waals surface area contributed by atoms with Crippen LogP contribution < -0.4 is 5.32 Å². The Morgan fingerprint density at radius 2 is 1.94 bits per heavy atom. The fourth-order valence-corrected chi connectivity index (χ4v) is 2.57. The van der Waals surface area contributed by atoms with E-state index in [4.69, 9.17) is 0 Å². The molecule has 1 saturated carbocycles. The molecule has 1 atom stereocenters. The van der Waals surface area contributed by atoms with Crippen molar-refractivity contribution in [3.8, 4) is 0 Å². The largest absolute Gasteiger partial charge is 0.307 e. The molecule has 94 valence electrons. The van der Waals surface area contributed by atoms with Crippen LogP contribution in [0.1, 0.15) is 45.2 Å². The van der Waals surface area contributed by atoms with E-state index in [9.17, 15) is 4.39 Å². The van der Waals surface area contributed by atoms with Gasteiger partial charge in [-0.05, 0) is 49.3 Å². The molecule has 1 aliphatic carbocycles. The van der Waals surface area contributed by atoms with Crippen LogP contribution in [0.25, 0.3) is 0 Å². The van der Waals surface area contributed by atoms with Gasteiger partial charge in [0.15, 0.2) is 0 Å². The molecule has 0 spiro atoms. The monoisotopic (exact) mass is 235 g/mol. The Hall–Kier alpha value is -0.890. The van der Waals surface area contributed by atoms with Crippen LogP contribution in [0.5, 0.6) is 0 Å². The first-order chi connectivity index (χ1) is 8.06. The van der Waals surface area contributed by atoms with Gasteiger partial charge in [0, 0.05) is 12.1 Å². The first-order valence-corrected chi connectivity index (χ1v) is 6.57. The van der Waals surface area contributed by atoms with Crippen LogP contribution in [-0.2, 0) is 0 Å². The Bertz CT molecular complexity index is 369. The lowest BCUT2D eigenvalue weighted by atomic mass is 9.73. The van der Waals surface area contributed by atoms with Crippen molar-refractivity contribution in [1.82, 2.24) is 5.32 Å². The molecule has 1 nitrogen and oxygen atoms in total. The van der Waals surface area contributed by atoms with Gasteiger partial charge < -0.3 is 5.32 Å². The van der Waals surface area contributed by atoms with Crippen LogP contribution in [0.3, 0.4) is 0 Å². The van der Waals surface area contributed by atoms with E-state index in [2.05, 4.69) is 26.1 Å². The third-order valence-electron chi connectivity index (χ3n) is 3.95.